The fourth-order valence-corrected chi connectivity index (χ4v) is 3.74. The quantitative estimate of drug-likeness (QED) is 0.854. The molecule has 0 bridgehead atoms. The summed E-state index contributed by atoms with van der Waals surface area (Å²) in [5.74, 6) is 0.302. The summed E-state index contributed by atoms with van der Waals surface area (Å²) in [6.45, 7) is 6.46. The van der Waals surface area contributed by atoms with E-state index in [1.807, 2.05) is 23.6 Å². The van der Waals surface area contributed by atoms with E-state index in [4.69, 9.17) is 0 Å². The van der Waals surface area contributed by atoms with Gasteiger partial charge in [-0.25, -0.2) is 4.79 Å². The van der Waals surface area contributed by atoms with Crippen LogP contribution in [0.25, 0.3) is 0 Å². The van der Waals surface area contributed by atoms with Gasteiger partial charge in [0.05, 0.1) is 6.10 Å². The van der Waals surface area contributed by atoms with Crippen LogP contribution in [-0.2, 0) is 0 Å². The Balaban J connectivity index is 2.05. The molecule has 1 aliphatic carbocycles. The van der Waals surface area contributed by atoms with Gasteiger partial charge in [0.1, 0.15) is 0 Å². The Morgan fingerprint density at radius 2 is 1.84 bits per heavy atom. The molecule has 110 valence electrons. The molecule has 1 aliphatic heterocycles. The first-order valence-electron chi connectivity index (χ1n) is 7.92. The van der Waals surface area contributed by atoms with Crippen LogP contribution in [0.5, 0.6) is 0 Å². The highest BCUT2D eigenvalue weighted by atomic mass is 16.3. The van der Waals surface area contributed by atoms with Crippen LogP contribution >= 0.6 is 0 Å². The molecule has 19 heavy (non-hydrogen) atoms. The van der Waals surface area contributed by atoms with Gasteiger partial charge in [-0.05, 0) is 39.5 Å². The molecule has 1 saturated carbocycles. The van der Waals surface area contributed by atoms with E-state index in [0.717, 1.165) is 51.7 Å². The minimum atomic E-state index is -0.205. The maximum atomic E-state index is 12.5. The minimum absolute atomic E-state index is 0.172. The van der Waals surface area contributed by atoms with E-state index < -0.39 is 0 Å². The Kier molecular flexibility index (Phi) is 5.08. The van der Waals surface area contributed by atoms with Crippen LogP contribution in [0.15, 0.2) is 0 Å². The average Bonchev–Trinajstić information content (AvgIpc) is 2.89. The van der Waals surface area contributed by atoms with E-state index in [2.05, 4.69) is 0 Å². The molecule has 0 radical (unpaired) electrons. The number of carbonyl (C=O) groups is 1. The topological polar surface area (TPSA) is 43.8 Å². The van der Waals surface area contributed by atoms with Crippen molar-refractivity contribution in [3.63, 3.8) is 0 Å². The Morgan fingerprint density at radius 3 is 2.47 bits per heavy atom. The molecule has 2 fully saturated rings. The van der Waals surface area contributed by atoms with Crippen LogP contribution in [0, 0.1) is 5.92 Å². The van der Waals surface area contributed by atoms with Crippen molar-refractivity contribution in [2.75, 3.05) is 19.6 Å². The number of amides is 2. The predicted molar refractivity (Wildman–Crippen MR) is 76.0 cm³/mol. The number of rotatable bonds is 3. The number of nitrogens with zero attached hydrogens (tertiary/aromatic N) is 2. The van der Waals surface area contributed by atoms with Crippen LogP contribution in [0.1, 0.15) is 52.4 Å². The van der Waals surface area contributed by atoms with Crippen molar-refractivity contribution < 1.29 is 9.90 Å². The second-order valence-corrected chi connectivity index (χ2v) is 5.87. The van der Waals surface area contributed by atoms with Crippen molar-refractivity contribution in [2.45, 2.75) is 64.5 Å². The zero-order valence-electron chi connectivity index (χ0n) is 12.3. The summed E-state index contributed by atoms with van der Waals surface area (Å²) in [5.41, 5.74) is 0. The molecular formula is C15H28N2O2. The van der Waals surface area contributed by atoms with Gasteiger partial charge in [0, 0.05) is 31.6 Å². The van der Waals surface area contributed by atoms with Crippen molar-refractivity contribution in [2.24, 2.45) is 5.92 Å². The van der Waals surface area contributed by atoms with Crippen LogP contribution in [0.2, 0.25) is 0 Å². The van der Waals surface area contributed by atoms with E-state index in [1.54, 1.807) is 0 Å². The number of hydrogen-bond donors (Lipinski definition) is 1. The third kappa shape index (κ3) is 3.04. The van der Waals surface area contributed by atoms with Crippen LogP contribution < -0.4 is 0 Å². The molecule has 0 spiro atoms. The van der Waals surface area contributed by atoms with Gasteiger partial charge < -0.3 is 14.9 Å². The number of carbonyl (C=O) groups excluding carboxylic acids is 1. The highest BCUT2D eigenvalue weighted by molar-refractivity contribution is 5.75. The molecule has 4 nitrogen and oxygen atoms in total. The molecule has 0 aromatic heterocycles. The molecule has 2 aliphatic rings. The van der Waals surface area contributed by atoms with E-state index in [1.165, 1.54) is 6.42 Å². The molecule has 0 aromatic rings. The highest BCUT2D eigenvalue weighted by Crippen LogP contribution is 2.35. The lowest BCUT2D eigenvalue weighted by molar-refractivity contribution is 0.0268. The molecule has 0 aromatic carbocycles. The molecular weight excluding hydrogens is 240 g/mol. The summed E-state index contributed by atoms with van der Waals surface area (Å²) < 4.78 is 0. The summed E-state index contributed by atoms with van der Waals surface area (Å²) in [5, 5.41) is 10.2. The molecule has 3 atom stereocenters. The maximum absolute atomic E-state index is 12.5. The van der Waals surface area contributed by atoms with Gasteiger partial charge in [0.2, 0.25) is 0 Å². The summed E-state index contributed by atoms with van der Waals surface area (Å²) in [4.78, 5) is 16.5. The first-order chi connectivity index (χ1) is 9.19. The number of likely N-dealkylation sites (tertiary alicyclic amines) is 1. The van der Waals surface area contributed by atoms with Gasteiger partial charge >= 0.3 is 6.03 Å². The Hall–Kier alpha value is -0.770. The Bertz CT molecular complexity index is 305. The standard InChI is InChI=1S/C15H28N2O2/c1-3-16(4-2)15(19)17-11-7-9-13(17)12-8-5-6-10-14(12)18/h12-14,18H,3-11H2,1-2H3. The van der Waals surface area contributed by atoms with Gasteiger partial charge in [-0.15, -0.1) is 0 Å². The number of aliphatic hydroxyl groups excluding tert-OH is 1. The largest absolute Gasteiger partial charge is 0.393 e. The predicted octanol–water partition coefficient (Wildman–Crippen LogP) is 2.46. The van der Waals surface area contributed by atoms with E-state index in [9.17, 15) is 9.90 Å². The molecule has 3 unspecified atom stereocenters. The third-order valence-electron chi connectivity index (χ3n) is 4.85. The Labute approximate surface area is 116 Å². The van der Waals surface area contributed by atoms with Crippen molar-refractivity contribution in [3.8, 4) is 0 Å². The summed E-state index contributed by atoms with van der Waals surface area (Å²) in [7, 11) is 0. The lowest BCUT2D eigenvalue weighted by Gasteiger charge is -2.38. The summed E-state index contributed by atoms with van der Waals surface area (Å²) in [6, 6.07) is 0.439. The molecule has 2 amide bonds. The molecule has 1 N–H and O–H groups in total. The lowest BCUT2D eigenvalue weighted by Crippen LogP contribution is -2.50. The average molecular weight is 268 g/mol. The normalized spacial score (nSPS) is 31.5. The number of urea groups is 1. The lowest BCUT2D eigenvalue weighted by atomic mass is 9.80. The first-order valence-corrected chi connectivity index (χ1v) is 7.92. The summed E-state index contributed by atoms with van der Waals surface area (Å²) >= 11 is 0. The van der Waals surface area contributed by atoms with Crippen molar-refractivity contribution in [1.82, 2.24) is 9.80 Å². The second-order valence-electron chi connectivity index (χ2n) is 5.87. The monoisotopic (exact) mass is 268 g/mol. The van der Waals surface area contributed by atoms with Crippen LogP contribution in [0.4, 0.5) is 4.79 Å². The summed E-state index contributed by atoms with van der Waals surface area (Å²) in [6.07, 6.45) is 6.27. The first kappa shape index (κ1) is 14.6. The molecule has 1 heterocycles. The van der Waals surface area contributed by atoms with Crippen molar-refractivity contribution >= 4 is 6.03 Å². The molecule has 1 saturated heterocycles. The van der Waals surface area contributed by atoms with Crippen molar-refractivity contribution in [3.05, 3.63) is 0 Å². The second kappa shape index (κ2) is 6.60. The van der Waals surface area contributed by atoms with Gasteiger partial charge in [-0.1, -0.05) is 12.8 Å². The minimum Gasteiger partial charge on any atom is -0.393 e. The zero-order valence-corrected chi connectivity index (χ0v) is 12.3. The van der Waals surface area contributed by atoms with E-state index in [-0.39, 0.29) is 18.2 Å². The maximum Gasteiger partial charge on any atom is 0.320 e. The van der Waals surface area contributed by atoms with Gasteiger partial charge in [-0.2, -0.15) is 0 Å². The number of aliphatic hydroxyl groups is 1. The van der Waals surface area contributed by atoms with E-state index >= 15 is 0 Å². The smallest absolute Gasteiger partial charge is 0.320 e. The molecule has 4 heteroatoms. The zero-order chi connectivity index (χ0) is 13.8. The Morgan fingerprint density at radius 1 is 1.16 bits per heavy atom. The van der Waals surface area contributed by atoms with Crippen LogP contribution in [0.3, 0.4) is 0 Å². The highest BCUT2D eigenvalue weighted by Gasteiger charge is 2.39. The van der Waals surface area contributed by atoms with Gasteiger partial charge in [-0.3, -0.25) is 0 Å². The van der Waals surface area contributed by atoms with Crippen molar-refractivity contribution in [1.29, 1.82) is 0 Å². The third-order valence-corrected chi connectivity index (χ3v) is 4.85. The SMILES string of the molecule is CCN(CC)C(=O)N1CCCC1C1CCCCC1O. The fourth-order valence-electron chi connectivity index (χ4n) is 3.74. The molecule has 2 rings (SSSR count). The van der Waals surface area contributed by atoms with Gasteiger partial charge in [0.15, 0.2) is 0 Å². The van der Waals surface area contributed by atoms with E-state index in [0.29, 0.717) is 5.92 Å². The number of hydrogen-bond acceptors (Lipinski definition) is 2. The fraction of sp³-hybridized carbons (Fsp3) is 0.933. The van der Waals surface area contributed by atoms with Gasteiger partial charge in [0.25, 0.3) is 0 Å². The van der Waals surface area contributed by atoms with Crippen LogP contribution in [-0.4, -0.2) is 52.7 Å².